The molecule has 24 N–H and O–H groups in total. The van der Waals surface area contributed by atoms with Gasteiger partial charge >= 0.3 is 70.3 Å². The third-order valence-corrected chi connectivity index (χ3v) is 17.9. The van der Waals surface area contributed by atoms with E-state index in [-0.39, 0.29) is 67.3 Å². The summed E-state index contributed by atoms with van der Waals surface area (Å²) in [7, 11) is -3.31. The number of oxazole rings is 2. The van der Waals surface area contributed by atoms with Crippen LogP contribution in [-0.4, -0.2) is 197 Å². The Morgan fingerprint density at radius 1 is 0.595 bits per heavy atom. The number of aromatic carboxylic acids is 7. The standard InChI is InChI=1S/C10H8N2O2.C9H7NO2S.C9H10O3.C8H7N3O2.C8H9NO4S.C8H5NO4.2C8H5NO3S.C6H9N3O2.C6H6N2O2/c13-10(14)8-3-1-2-7(6-8)9-11-4-5-12-9;11-9(12)5-1-2-7-6(3-5)4-8(13)10-7;10-8-4-2-1-3-7(8)5-6-9(11)12;9-7-5-3-4(8(12)13)1-2-6(5)10-11-7;1-14(12,13)9-7-4-2-6(3-5-7)8(10)11;2*10-7(11)4-1-2-5-6(3-4)13-8(12)9-5;10-7(11)4-1-2-5-6(3-4)12-8(13)9-5;7-5(6(10)11)1-4-2-8-3-9-4;9-6(10)2-1-5-3-7-4-8-5/h1-6H,(H,11,12)(H,13,14);1-3H,4H2,(H,10,13)(H,11,12);1-4,10H,5-6H2,(H,11,12);1-3H,(H,12,13)(H3,9,10,11);2-5,9H,1H3,(H,10,11);2*1-3H,(H,9,12)(H,10,11);1-3H,(H,9,13)(H,10,11);2-3,5H,1,7H2,(H,8,9)(H,10,11);1-4H,(H,7,8)(H,9,10)/b;;;;;;;;;2-1+/t;;;;;;;;5-;/m........0./s1. The molecule has 0 bridgehead atoms. The number of aromatic amines is 7. The number of phenolic OH excluding ortho intramolecular Hbond substituents is 1. The van der Waals surface area contributed by atoms with Gasteiger partial charge in [0.1, 0.15) is 17.6 Å². The molecule has 0 amide bonds. The first kappa shape index (κ1) is 96.3. The van der Waals surface area contributed by atoms with Gasteiger partial charge in [-0.3, -0.25) is 29.2 Å². The van der Waals surface area contributed by atoms with Crippen LogP contribution in [0.1, 0.15) is 101 Å². The quantitative estimate of drug-likeness (QED) is 0.0280. The number of aliphatic carboxylic acids is 3. The number of hydrogen-bond acceptors (Lipinski definition) is 26. The molecule has 1 atom stereocenters. The summed E-state index contributed by atoms with van der Waals surface area (Å²) in [4.78, 5) is 155. The Morgan fingerprint density at radius 2 is 1.14 bits per heavy atom. The number of imidazole rings is 3. The Labute approximate surface area is 720 Å². The first-order valence-electron chi connectivity index (χ1n) is 35.4. The van der Waals surface area contributed by atoms with E-state index in [9.17, 15) is 71.1 Å². The molecule has 0 saturated heterocycles. The van der Waals surface area contributed by atoms with Gasteiger partial charge in [-0.1, -0.05) is 53.9 Å². The highest BCUT2D eigenvalue weighted by Crippen LogP contribution is 2.26. The number of aryl methyl sites for hydroxylation is 1. The molecule has 8 heterocycles. The monoisotopic (exact) mass is 1800 g/mol. The van der Waals surface area contributed by atoms with Crippen LogP contribution >= 0.6 is 35.8 Å². The number of phenols is 1. The average Bonchev–Trinajstić information content (AvgIpc) is 1.70. The highest BCUT2D eigenvalue weighted by molar-refractivity contribution is 7.92. The minimum atomic E-state index is -3.31. The van der Waals surface area contributed by atoms with E-state index in [0.717, 1.165) is 56.7 Å². The summed E-state index contributed by atoms with van der Waals surface area (Å²) in [5.74, 6) is -9.11. The van der Waals surface area contributed by atoms with Crippen LogP contribution in [0.2, 0.25) is 0 Å². The molecule has 652 valence electrons. The molecule has 0 radical (unpaired) electrons. The minimum Gasteiger partial charge on any atom is -0.508 e. The van der Waals surface area contributed by atoms with Gasteiger partial charge in [-0.05, 0) is 169 Å². The number of H-pyrrole nitrogens is 7. The SMILES string of the molecule is CS(=O)(=O)Nc1ccc(C(=O)O)cc1.N[C@@H](Cc1cnc[nH]1)C(=O)O.Nc1n[nH]c2ccc(C(=O)O)cc12.O=C(O)/C=C/c1cnc[nH]1.O=C(O)CCc1ccccc1O.O=C(O)c1ccc2[nH]c(=O)oc2c1.O=C(O)c1ccc2[nH]c(=O)sc2c1.O=C(O)c1ccc2[nH]c(=S)oc2c1.O=C(O)c1ccc2c(c1)CC(=S)N2.O=C(O)c1cccc(-c2ncc[nH]2)c1. The van der Waals surface area contributed by atoms with Crippen molar-refractivity contribution in [3.8, 4) is 17.1 Å². The second-order valence-corrected chi connectivity index (χ2v) is 28.8. The minimum absolute atomic E-state index is 0.0531. The number of fused-ring (bicyclic) bond motifs is 5. The summed E-state index contributed by atoms with van der Waals surface area (Å²) in [6, 6.07) is 40.9. The predicted molar refractivity (Wildman–Crippen MR) is 462 cm³/mol. The largest absolute Gasteiger partial charge is 0.508 e. The van der Waals surface area contributed by atoms with Gasteiger partial charge in [0.25, 0.3) is 4.84 Å². The molecule has 46 heteroatoms. The molecule has 0 unspecified atom stereocenters. The smallest absolute Gasteiger partial charge is 0.417 e. The normalized spacial score (nSPS) is 10.9. The van der Waals surface area contributed by atoms with E-state index in [0.29, 0.717) is 79.2 Å². The fourth-order valence-electron chi connectivity index (χ4n) is 10.1. The second-order valence-electron chi connectivity index (χ2n) is 25.2. The maximum absolute atomic E-state index is 10.9. The summed E-state index contributed by atoms with van der Waals surface area (Å²) in [5.41, 5.74) is 20.6. The van der Waals surface area contributed by atoms with Crippen molar-refractivity contribution >= 4 is 177 Å². The van der Waals surface area contributed by atoms with Crippen molar-refractivity contribution in [2.45, 2.75) is 31.7 Å². The average molecular weight is 1800 g/mol. The van der Waals surface area contributed by atoms with Crippen LogP contribution in [0.5, 0.6) is 5.75 Å². The van der Waals surface area contributed by atoms with Gasteiger partial charge in [-0.15, -0.1) is 0 Å². The zero-order valence-electron chi connectivity index (χ0n) is 64.6. The van der Waals surface area contributed by atoms with E-state index >= 15 is 0 Å². The molecule has 0 saturated carbocycles. The van der Waals surface area contributed by atoms with Gasteiger partial charge in [0.2, 0.25) is 10.0 Å². The lowest BCUT2D eigenvalue weighted by Crippen LogP contribution is -2.32. The van der Waals surface area contributed by atoms with Gasteiger partial charge < -0.3 is 107 Å². The van der Waals surface area contributed by atoms with Crippen LogP contribution in [0.25, 0.3) is 60.8 Å². The molecule has 0 aliphatic carbocycles. The number of aromatic nitrogens is 11. The Morgan fingerprint density at radius 3 is 1.70 bits per heavy atom. The number of nitrogens with two attached hydrogens (primary N) is 2. The molecule has 42 nitrogen and oxygen atoms in total. The van der Waals surface area contributed by atoms with E-state index in [1.165, 1.54) is 97.6 Å². The van der Waals surface area contributed by atoms with E-state index in [2.05, 4.69) is 69.5 Å². The van der Waals surface area contributed by atoms with Crippen molar-refractivity contribution in [1.82, 2.24) is 55.1 Å². The van der Waals surface area contributed by atoms with Crippen molar-refractivity contribution in [2.75, 3.05) is 22.0 Å². The number of carbonyl (C=O) groups is 10. The molecule has 7 aromatic heterocycles. The van der Waals surface area contributed by atoms with Gasteiger partial charge in [0.05, 0.1) is 102 Å². The lowest BCUT2D eigenvalue weighted by Gasteiger charge is -2.03. The molecule has 16 rings (SSSR count). The van der Waals surface area contributed by atoms with Gasteiger partial charge in [-0.2, -0.15) is 5.10 Å². The van der Waals surface area contributed by atoms with Gasteiger partial charge in [0.15, 0.2) is 17.0 Å². The molecular weight excluding hydrogens is 1730 g/mol. The molecule has 0 spiro atoms. The number of rotatable bonds is 18. The Bertz CT molecular complexity index is 6500. The number of carboxylic acid groups (broad SMARTS) is 10. The lowest BCUT2D eigenvalue weighted by atomic mass is 10.1. The zero-order chi connectivity index (χ0) is 92.5. The molecule has 126 heavy (non-hydrogen) atoms. The van der Waals surface area contributed by atoms with Crippen LogP contribution in [0, 0.1) is 4.84 Å². The first-order valence-corrected chi connectivity index (χ1v) is 38.9. The first-order chi connectivity index (χ1) is 59.7. The molecule has 1 aliphatic heterocycles. The number of para-hydroxylation sites is 1. The number of thiazole rings is 1. The number of carboxylic acids is 10. The van der Waals surface area contributed by atoms with Crippen LogP contribution in [0.15, 0.2) is 226 Å². The molecule has 15 aromatic rings. The molecular formula is C80H71N15O27S4. The zero-order valence-corrected chi connectivity index (χ0v) is 67.9. The van der Waals surface area contributed by atoms with Crippen LogP contribution in [0.3, 0.4) is 0 Å². The highest BCUT2D eigenvalue weighted by Gasteiger charge is 2.18. The van der Waals surface area contributed by atoms with Crippen molar-refractivity contribution in [3.05, 3.63) is 294 Å². The number of nitrogens with zero attached hydrogens (tertiary/aromatic N) is 4. The predicted octanol–water partition coefficient (Wildman–Crippen LogP) is 10.6. The third kappa shape index (κ3) is 31.4. The Kier molecular flexibility index (Phi) is 35.2. The van der Waals surface area contributed by atoms with Gasteiger partial charge in [0, 0.05) is 71.9 Å². The number of sulfonamides is 1. The maximum Gasteiger partial charge on any atom is 0.417 e. The molecule has 8 aromatic carbocycles. The summed E-state index contributed by atoms with van der Waals surface area (Å²) in [6.07, 6.45) is 14.3. The number of nitrogens with one attached hydrogen (secondary N) is 9. The number of benzene rings is 8. The van der Waals surface area contributed by atoms with Crippen LogP contribution in [-0.2, 0) is 43.7 Å². The van der Waals surface area contributed by atoms with E-state index in [1.807, 2.05) is 6.07 Å². The summed E-state index contributed by atoms with van der Waals surface area (Å²) in [5, 5.41) is 105. The number of hydrogen-bond donors (Lipinski definition) is 22. The fraction of sp³-hybridized carbons (Fsp3) is 0.0750. The lowest BCUT2D eigenvalue weighted by molar-refractivity contribution is -0.139. The fourth-order valence-corrected chi connectivity index (χ4v) is 11.9. The van der Waals surface area contributed by atoms with Crippen LogP contribution in [0.4, 0.5) is 17.2 Å². The van der Waals surface area contributed by atoms with Crippen LogP contribution < -0.4 is 32.1 Å². The summed E-state index contributed by atoms with van der Waals surface area (Å²) in [6.45, 7) is 0. The second kappa shape index (κ2) is 46.1. The topological polar surface area (TPSA) is 726 Å². The van der Waals surface area contributed by atoms with Crippen molar-refractivity contribution in [3.63, 3.8) is 0 Å². The van der Waals surface area contributed by atoms with Crippen molar-refractivity contribution in [2.24, 2.45) is 5.73 Å². The molecule has 1 aliphatic rings. The highest BCUT2D eigenvalue weighted by atomic mass is 32.2. The number of thiocarbonyl (C=S) groups is 1. The van der Waals surface area contributed by atoms with Crippen molar-refractivity contribution in [1.29, 1.82) is 0 Å². The number of anilines is 3. The van der Waals surface area contributed by atoms with E-state index in [4.69, 9.17) is 91.4 Å². The van der Waals surface area contributed by atoms with Crippen molar-refractivity contribution < 1.29 is 121 Å². The number of nitrogen functional groups attached to an aromatic ring is 1. The summed E-state index contributed by atoms with van der Waals surface area (Å²) < 4.78 is 34.2. The van der Waals surface area contributed by atoms with E-state index in [1.54, 1.807) is 104 Å². The Balaban J connectivity index is 0.000000192. The molecule has 0 fully saturated rings. The third-order valence-electron chi connectivity index (χ3n) is 16.0. The number of aromatic hydroxyl groups is 1. The maximum atomic E-state index is 10.9. The van der Waals surface area contributed by atoms with E-state index < -0.39 is 81.5 Å². The van der Waals surface area contributed by atoms with Gasteiger partial charge in [-0.25, -0.2) is 66.5 Å². The Hall–Kier alpha value is -16.9. The summed E-state index contributed by atoms with van der Waals surface area (Å²) >= 11 is 10.7.